The normalized spacial score (nSPS) is 13.8. The smallest absolute Gasteiger partial charge is 0.0546 e. The number of aliphatic hydroxyl groups excluding tert-OH is 2. The number of hydrogen-bond acceptors (Lipinski definition) is 2. The number of unbranched alkanes of at least 4 members (excludes halogenated alkanes) is 7. The van der Waals surface area contributed by atoms with Gasteiger partial charge < -0.3 is 10.2 Å². The number of aliphatic hydroxyl groups is 2. The van der Waals surface area contributed by atoms with Crippen LogP contribution < -0.4 is 0 Å². The summed E-state index contributed by atoms with van der Waals surface area (Å²) in [5.41, 5.74) is -0.139. The van der Waals surface area contributed by atoms with Gasteiger partial charge in [-0.15, -0.1) is 0 Å². The minimum Gasteiger partial charge on any atom is -0.396 e. The van der Waals surface area contributed by atoms with E-state index in [4.69, 9.17) is 5.11 Å². The van der Waals surface area contributed by atoms with Gasteiger partial charge in [-0.3, -0.25) is 0 Å². The van der Waals surface area contributed by atoms with E-state index in [9.17, 15) is 5.11 Å². The van der Waals surface area contributed by atoms with Gasteiger partial charge >= 0.3 is 0 Å². The Kier molecular flexibility index (Phi) is 10.8. The van der Waals surface area contributed by atoms with E-state index in [1.165, 1.54) is 44.9 Å². The van der Waals surface area contributed by atoms with Crippen LogP contribution in [0.25, 0.3) is 0 Å². The Bertz CT molecular complexity index is 178. The fourth-order valence-electron chi connectivity index (χ4n) is 2.32. The first-order valence-corrected chi connectivity index (χ1v) is 7.81. The molecule has 110 valence electrons. The third-order valence-electron chi connectivity index (χ3n) is 3.61. The van der Waals surface area contributed by atoms with E-state index in [1.807, 2.05) is 13.8 Å². The molecule has 2 nitrogen and oxygen atoms in total. The molecule has 0 fully saturated rings. The second kappa shape index (κ2) is 10.8. The van der Waals surface area contributed by atoms with Crippen molar-refractivity contribution >= 4 is 0 Å². The summed E-state index contributed by atoms with van der Waals surface area (Å²) in [4.78, 5) is 0. The van der Waals surface area contributed by atoms with Crippen molar-refractivity contribution < 1.29 is 10.2 Å². The molecule has 0 heterocycles. The van der Waals surface area contributed by atoms with Crippen LogP contribution in [0.4, 0.5) is 0 Å². The Morgan fingerprint density at radius 1 is 0.889 bits per heavy atom. The molecule has 0 bridgehead atoms. The lowest BCUT2D eigenvalue weighted by Crippen LogP contribution is -2.24. The molecule has 18 heavy (non-hydrogen) atoms. The van der Waals surface area contributed by atoms with Gasteiger partial charge in [0.25, 0.3) is 0 Å². The van der Waals surface area contributed by atoms with Gasteiger partial charge in [0.1, 0.15) is 0 Å². The predicted octanol–water partition coefficient (Wildman–Crippen LogP) is 4.29. The lowest BCUT2D eigenvalue weighted by atomic mass is 9.86. The standard InChI is InChI=1S/C16H34O2/c1-4-5-6-7-8-9-10-11-12-15(18)13-16(2,3)14-17/h15,17-18H,4-14H2,1-3H3. The highest BCUT2D eigenvalue weighted by Gasteiger charge is 2.20. The van der Waals surface area contributed by atoms with Crippen molar-refractivity contribution in [3.05, 3.63) is 0 Å². The third kappa shape index (κ3) is 11.0. The Balaban J connectivity index is 3.33. The molecule has 2 heteroatoms. The molecule has 0 rings (SSSR count). The molecule has 0 aromatic carbocycles. The van der Waals surface area contributed by atoms with Crippen LogP contribution in [0.15, 0.2) is 0 Å². The molecule has 0 aromatic heterocycles. The highest BCUT2D eigenvalue weighted by molar-refractivity contribution is 4.72. The SMILES string of the molecule is CCCCCCCCCCC(O)CC(C)(C)CO. The van der Waals surface area contributed by atoms with E-state index in [0.29, 0.717) is 6.42 Å². The van der Waals surface area contributed by atoms with E-state index >= 15 is 0 Å². The Labute approximate surface area is 114 Å². The first-order valence-electron chi connectivity index (χ1n) is 7.81. The van der Waals surface area contributed by atoms with E-state index < -0.39 is 0 Å². The lowest BCUT2D eigenvalue weighted by molar-refractivity contribution is 0.0665. The predicted molar refractivity (Wildman–Crippen MR) is 78.7 cm³/mol. The van der Waals surface area contributed by atoms with E-state index in [0.717, 1.165) is 12.8 Å². The highest BCUT2D eigenvalue weighted by atomic mass is 16.3. The summed E-state index contributed by atoms with van der Waals surface area (Å²) >= 11 is 0. The van der Waals surface area contributed by atoms with Gasteiger partial charge in [0.15, 0.2) is 0 Å². The van der Waals surface area contributed by atoms with Crippen LogP contribution in [0, 0.1) is 5.41 Å². The third-order valence-corrected chi connectivity index (χ3v) is 3.61. The molecular formula is C16H34O2. The second-order valence-corrected chi connectivity index (χ2v) is 6.44. The summed E-state index contributed by atoms with van der Waals surface area (Å²) in [7, 11) is 0. The summed E-state index contributed by atoms with van der Waals surface area (Å²) < 4.78 is 0. The van der Waals surface area contributed by atoms with Crippen molar-refractivity contribution in [2.75, 3.05) is 6.61 Å². The molecule has 0 saturated carbocycles. The average Bonchev–Trinajstić information content (AvgIpc) is 2.32. The van der Waals surface area contributed by atoms with E-state index in [1.54, 1.807) is 0 Å². The molecule has 0 aromatic rings. The van der Waals surface area contributed by atoms with Crippen molar-refractivity contribution in [2.24, 2.45) is 5.41 Å². The summed E-state index contributed by atoms with van der Waals surface area (Å²) in [6, 6.07) is 0. The minimum absolute atomic E-state index is 0.139. The van der Waals surface area contributed by atoms with Gasteiger partial charge in [-0.2, -0.15) is 0 Å². The largest absolute Gasteiger partial charge is 0.396 e. The maximum Gasteiger partial charge on any atom is 0.0546 e. The number of hydrogen-bond donors (Lipinski definition) is 2. The van der Waals surface area contributed by atoms with Crippen molar-refractivity contribution in [3.63, 3.8) is 0 Å². The monoisotopic (exact) mass is 258 g/mol. The summed E-state index contributed by atoms with van der Waals surface area (Å²) in [6.45, 7) is 6.41. The van der Waals surface area contributed by atoms with Gasteiger partial charge in [0.2, 0.25) is 0 Å². The average molecular weight is 258 g/mol. The van der Waals surface area contributed by atoms with Gasteiger partial charge in [-0.1, -0.05) is 72.1 Å². The first kappa shape index (κ1) is 17.9. The molecule has 0 radical (unpaired) electrons. The molecule has 0 aliphatic rings. The molecule has 0 amide bonds. The van der Waals surface area contributed by atoms with Crippen molar-refractivity contribution in [2.45, 2.75) is 91.1 Å². The topological polar surface area (TPSA) is 40.5 Å². The molecule has 1 atom stereocenters. The van der Waals surface area contributed by atoms with Crippen LogP contribution in [0.2, 0.25) is 0 Å². The zero-order valence-corrected chi connectivity index (χ0v) is 12.7. The quantitative estimate of drug-likeness (QED) is 0.513. The molecule has 0 aliphatic carbocycles. The van der Waals surface area contributed by atoms with Crippen LogP contribution in [0.5, 0.6) is 0 Å². The zero-order chi connectivity index (χ0) is 13.9. The lowest BCUT2D eigenvalue weighted by Gasteiger charge is -2.24. The zero-order valence-electron chi connectivity index (χ0n) is 12.7. The summed E-state index contributed by atoms with van der Waals surface area (Å²) in [6.07, 6.45) is 11.8. The Morgan fingerprint density at radius 3 is 1.89 bits per heavy atom. The number of rotatable bonds is 12. The fourth-order valence-corrected chi connectivity index (χ4v) is 2.32. The molecule has 1 unspecified atom stereocenters. The van der Waals surface area contributed by atoms with Crippen molar-refractivity contribution in [1.82, 2.24) is 0 Å². The Morgan fingerprint density at radius 2 is 1.39 bits per heavy atom. The summed E-state index contributed by atoms with van der Waals surface area (Å²) in [5.74, 6) is 0. The van der Waals surface area contributed by atoms with Gasteiger partial charge in [0, 0.05) is 6.61 Å². The first-order chi connectivity index (χ1) is 8.52. The van der Waals surface area contributed by atoms with Gasteiger partial charge in [0.05, 0.1) is 6.10 Å². The van der Waals surface area contributed by atoms with Crippen LogP contribution in [-0.2, 0) is 0 Å². The van der Waals surface area contributed by atoms with Crippen LogP contribution in [-0.4, -0.2) is 22.9 Å². The molecule has 0 saturated heterocycles. The molecule has 0 aliphatic heterocycles. The van der Waals surface area contributed by atoms with E-state index in [2.05, 4.69) is 6.92 Å². The van der Waals surface area contributed by atoms with Crippen LogP contribution in [0.1, 0.15) is 85.0 Å². The van der Waals surface area contributed by atoms with Gasteiger partial charge in [-0.25, -0.2) is 0 Å². The molecule has 2 N–H and O–H groups in total. The van der Waals surface area contributed by atoms with Crippen molar-refractivity contribution in [3.8, 4) is 0 Å². The van der Waals surface area contributed by atoms with Crippen LogP contribution in [0.3, 0.4) is 0 Å². The van der Waals surface area contributed by atoms with Crippen molar-refractivity contribution in [1.29, 1.82) is 0 Å². The van der Waals surface area contributed by atoms with E-state index in [-0.39, 0.29) is 18.1 Å². The maximum atomic E-state index is 9.88. The Hall–Kier alpha value is -0.0800. The maximum absolute atomic E-state index is 9.88. The van der Waals surface area contributed by atoms with Crippen LogP contribution >= 0.6 is 0 Å². The molecular weight excluding hydrogens is 224 g/mol. The second-order valence-electron chi connectivity index (χ2n) is 6.44. The minimum atomic E-state index is -0.243. The molecule has 0 spiro atoms. The van der Waals surface area contributed by atoms with Gasteiger partial charge in [-0.05, 0) is 18.3 Å². The highest BCUT2D eigenvalue weighted by Crippen LogP contribution is 2.23. The fraction of sp³-hybridized carbons (Fsp3) is 1.00. The summed E-state index contributed by atoms with van der Waals surface area (Å²) in [5, 5.41) is 19.0.